The molecular formula is C23H28ClN3O3. The van der Waals surface area contributed by atoms with Crippen LogP contribution >= 0.6 is 11.6 Å². The van der Waals surface area contributed by atoms with E-state index in [-0.39, 0.29) is 18.9 Å². The molecule has 1 saturated heterocycles. The van der Waals surface area contributed by atoms with Crippen LogP contribution in [0.1, 0.15) is 30.9 Å². The molecule has 7 heteroatoms. The van der Waals surface area contributed by atoms with Crippen molar-refractivity contribution < 1.29 is 14.3 Å². The summed E-state index contributed by atoms with van der Waals surface area (Å²) in [5, 5.41) is 3.68. The molecule has 2 aromatic carbocycles. The predicted octanol–water partition coefficient (Wildman–Crippen LogP) is 4.90. The van der Waals surface area contributed by atoms with E-state index in [9.17, 15) is 4.79 Å². The van der Waals surface area contributed by atoms with E-state index in [2.05, 4.69) is 17.1 Å². The van der Waals surface area contributed by atoms with Crippen molar-refractivity contribution in [1.82, 2.24) is 9.80 Å². The third kappa shape index (κ3) is 4.65. The Morgan fingerprint density at radius 3 is 2.67 bits per heavy atom. The molecule has 4 rings (SSSR count). The number of urea groups is 1. The number of fused-ring (bicyclic) bond motifs is 1. The van der Waals surface area contributed by atoms with Crippen molar-refractivity contribution in [3.05, 3.63) is 52.5 Å². The quantitative estimate of drug-likeness (QED) is 0.734. The number of carbonyl (C=O) groups excluding carboxylic acids is 1. The molecule has 30 heavy (non-hydrogen) atoms. The number of carbonyl (C=O) groups is 1. The molecule has 160 valence electrons. The molecule has 2 aliphatic heterocycles. The molecule has 1 fully saturated rings. The lowest BCUT2D eigenvalue weighted by Crippen LogP contribution is -2.48. The molecule has 2 heterocycles. The summed E-state index contributed by atoms with van der Waals surface area (Å²) < 4.78 is 10.9. The largest absolute Gasteiger partial charge is 0.454 e. The molecule has 6 nitrogen and oxygen atoms in total. The molecule has 0 radical (unpaired) electrons. The van der Waals surface area contributed by atoms with Crippen molar-refractivity contribution in [3.8, 4) is 11.5 Å². The van der Waals surface area contributed by atoms with E-state index in [0.717, 1.165) is 55.1 Å². The van der Waals surface area contributed by atoms with Gasteiger partial charge in [0.2, 0.25) is 6.79 Å². The van der Waals surface area contributed by atoms with Crippen LogP contribution in [0.3, 0.4) is 0 Å². The summed E-state index contributed by atoms with van der Waals surface area (Å²) in [4.78, 5) is 17.7. The summed E-state index contributed by atoms with van der Waals surface area (Å²) >= 11 is 6.25. The van der Waals surface area contributed by atoms with Crippen LogP contribution in [0, 0.1) is 6.92 Å². The molecule has 1 N–H and O–H groups in total. The van der Waals surface area contributed by atoms with E-state index in [4.69, 9.17) is 21.1 Å². The number of halogens is 1. The molecule has 2 aliphatic rings. The van der Waals surface area contributed by atoms with Crippen molar-refractivity contribution in [3.63, 3.8) is 0 Å². The number of hydrogen-bond acceptors (Lipinski definition) is 4. The monoisotopic (exact) mass is 429 g/mol. The van der Waals surface area contributed by atoms with Crippen LogP contribution in [0.4, 0.5) is 10.5 Å². The smallest absolute Gasteiger partial charge is 0.322 e. The highest BCUT2D eigenvalue weighted by molar-refractivity contribution is 6.31. The van der Waals surface area contributed by atoms with Crippen molar-refractivity contribution in [2.45, 2.75) is 39.3 Å². The van der Waals surface area contributed by atoms with Gasteiger partial charge in [-0.2, -0.15) is 0 Å². The van der Waals surface area contributed by atoms with Gasteiger partial charge in [0.1, 0.15) is 0 Å². The van der Waals surface area contributed by atoms with E-state index < -0.39 is 0 Å². The van der Waals surface area contributed by atoms with Crippen molar-refractivity contribution in [2.75, 3.05) is 31.7 Å². The standard InChI is InChI=1S/C23H28ClN3O3/c1-3-26-10-8-19(9-11-26)27(14-17-5-7-21-22(12-17)30-15-29-21)23(28)25-18-6-4-16(2)20(24)13-18/h4-7,12-13,19H,3,8-11,14-15H2,1-2H3,(H,25,28). The highest BCUT2D eigenvalue weighted by Crippen LogP contribution is 2.33. The van der Waals surface area contributed by atoms with E-state index in [0.29, 0.717) is 17.3 Å². The second-order valence-corrected chi connectivity index (χ2v) is 8.28. The van der Waals surface area contributed by atoms with Crippen molar-refractivity contribution in [2.24, 2.45) is 0 Å². The summed E-state index contributed by atoms with van der Waals surface area (Å²) in [6, 6.07) is 11.5. The van der Waals surface area contributed by atoms with Crippen LogP contribution < -0.4 is 14.8 Å². The van der Waals surface area contributed by atoms with E-state index in [1.807, 2.05) is 42.2 Å². The fourth-order valence-electron chi connectivity index (χ4n) is 4.02. The van der Waals surface area contributed by atoms with Gasteiger partial charge in [0.05, 0.1) is 0 Å². The Labute approximate surface area is 182 Å². The van der Waals surface area contributed by atoms with Crippen LogP contribution in [0.2, 0.25) is 5.02 Å². The minimum absolute atomic E-state index is 0.109. The maximum absolute atomic E-state index is 13.3. The van der Waals surface area contributed by atoms with Crippen molar-refractivity contribution >= 4 is 23.3 Å². The number of likely N-dealkylation sites (tertiary alicyclic amines) is 1. The number of nitrogens with zero attached hydrogens (tertiary/aromatic N) is 2. The minimum atomic E-state index is -0.109. The summed E-state index contributed by atoms with van der Waals surface area (Å²) in [5.41, 5.74) is 2.71. The number of rotatable bonds is 5. The predicted molar refractivity (Wildman–Crippen MR) is 118 cm³/mol. The lowest BCUT2D eigenvalue weighted by molar-refractivity contribution is 0.126. The van der Waals surface area contributed by atoms with Gasteiger partial charge in [0, 0.05) is 36.4 Å². The Kier molecular flexibility index (Phi) is 6.35. The Bertz CT molecular complexity index is 913. The number of benzene rings is 2. The van der Waals surface area contributed by atoms with Crippen LogP contribution in [0.5, 0.6) is 11.5 Å². The lowest BCUT2D eigenvalue weighted by atomic mass is 10.0. The van der Waals surface area contributed by atoms with Gasteiger partial charge in [0.15, 0.2) is 11.5 Å². The highest BCUT2D eigenvalue weighted by atomic mass is 35.5. The van der Waals surface area contributed by atoms with Gasteiger partial charge >= 0.3 is 6.03 Å². The van der Waals surface area contributed by atoms with Gasteiger partial charge in [-0.3, -0.25) is 0 Å². The SMILES string of the molecule is CCN1CCC(N(Cc2ccc3c(c2)OCO3)C(=O)Nc2ccc(C)c(Cl)c2)CC1. The molecule has 0 unspecified atom stereocenters. The second kappa shape index (κ2) is 9.14. The van der Waals surface area contributed by atoms with E-state index in [1.165, 1.54) is 0 Å². The Morgan fingerprint density at radius 1 is 1.17 bits per heavy atom. The molecule has 0 bridgehead atoms. The molecule has 0 atom stereocenters. The third-order valence-corrected chi connectivity index (χ3v) is 6.33. The molecule has 0 saturated carbocycles. The summed E-state index contributed by atoms with van der Waals surface area (Å²) in [6.45, 7) is 7.93. The first-order chi connectivity index (χ1) is 14.5. The first kappa shape index (κ1) is 20.8. The number of amides is 2. The maximum Gasteiger partial charge on any atom is 0.322 e. The average molecular weight is 430 g/mol. The number of ether oxygens (including phenoxy) is 2. The number of nitrogens with one attached hydrogen (secondary N) is 1. The molecular weight excluding hydrogens is 402 g/mol. The average Bonchev–Trinajstić information content (AvgIpc) is 3.22. The fraction of sp³-hybridized carbons (Fsp3) is 0.435. The lowest BCUT2D eigenvalue weighted by Gasteiger charge is -2.38. The summed E-state index contributed by atoms with van der Waals surface area (Å²) in [5.74, 6) is 1.49. The van der Waals surface area contributed by atoms with Crippen LogP contribution in [0.25, 0.3) is 0 Å². The number of anilines is 1. The first-order valence-corrected chi connectivity index (χ1v) is 10.9. The van der Waals surface area contributed by atoms with Gasteiger partial charge in [-0.25, -0.2) is 4.79 Å². The summed E-state index contributed by atoms with van der Waals surface area (Å²) in [7, 11) is 0. The molecule has 0 spiro atoms. The van der Waals surface area contributed by atoms with Gasteiger partial charge < -0.3 is 24.6 Å². The first-order valence-electron chi connectivity index (χ1n) is 10.5. The van der Waals surface area contributed by atoms with Crippen LogP contribution in [-0.4, -0.2) is 48.3 Å². The maximum atomic E-state index is 13.3. The topological polar surface area (TPSA) is 54.0 Å². The van der Waals surface area contributed by atoms with Crippen molar-refractivity contribution in [1.29, 1.82) is 0 Å². The molecule has 2 aromatic rings. The second-order valence-electron chi connectivity index (χ2n) is 7.88. The van der Waals surface area contributed by atoms with Gasteiger partial charge in [-0.1, -0.05) is 30.7 Å². The van der Waals surface area contributed by atoms with Gasteiger partial charge in [0.25, 0.3) is 0 Å². The zero-order chi connectivity index (χ0) is 21.1. The molecule has 0 aromatic heterocycles. The Balaban J connectivity index is 1.53. The minimum Gasteiger partial charge on any atom is -0.454 e. The fourth-order valence-corrected chi connectivity index (χ4v) is 4.20. The Hall–Kier alpha value is -2.44. The third-order valence-electron chi connectivity index (χ3n) is 5.92. The number of piperidine rings is 1. The van der Waals surface area contributed by atoms with Gasteiger partial charge in [-0.15, -0.1) is 0 Å². The van der Waals surface area contributed by atoms with Crippen LogP contribution in [0.15, 0.2) is 36.4 Å². The van der Waals surface area contributed by atoms with E-state index >= 15 is 0 Å². The number of aryl methyl sites for hydroxylation is 1. The Morgan fingerprint density at radius 2 is 1.93 bits per heavy atom. The normalized spacial score (nSPS) is 16.5. The zero-order valence-electron chi connectivity index (χ0n) is 17.5. The van der Waals surface area contributed by atoms with E-state index in [1.54, 1.807) is 6.07 Å². The van der Waals surface area contributed by atoms with Gasteiger partial charge in [-0.05, 0) is 61.7 Å². The molecule has 2 amide bonds. The number of hydrogen-bond donors (Lipinski definition) is 1. The highest BCUT2D eigenvalue weighted by Gasteiger charge is 2.28. The van der Waals surface area contributed by atoms with Crippen LogP contribution in [-0.2, 0) is 6.54 Å². The molecule has 0 aliphatic carbocycles. The summed E-state index contributed by atoms with van der Waals surface area (Å²) in [6.07, 6.45) is 1.92. The zero-order valence-corrected chi connectivity index (χ0v) is 18.2.